The van der Waals surface area contributed by atoms with Crippen LogP contribution in [-0.2, 0) is 9.53 Å². The Morgan fingerprint density at radius 3 is 2.33 bits per heavy atom. The predicted octanol–water partition coefficient (Wildman–Crippen LogP) is 4.01. The summed E-state index contributed by atoms with van der Waals surface area (Å²) in [6.45, 7) is 0.500. The van der Waals surface area contributed by atoms with E-state index in [-0.39, 0.29) is 0 Å². The van der Waals surface area contributed by atoms with Crippen LogP contribution in [0.1, 0.15) is 38.5 Å². The molecule has 0 amide bonds. The quantitative estimate of drug-likeness (QED) is 0.427. The number of hydrogen-bond acceptors (Lipinski definition) is 3. The van der Waals surface area contributed by atoms with E-state index in [1.807, 2.05) is 45.2 Å². The van der Waals surface area contributed by atoms with Gasteiger partial charge in [-0.2, -0.15) is 0 Å². The zero-order chi connectivity index (χ0) is 15.5. The van der Waals surface area contributed by atoms with Gasteiger partial charge in [0, 0.05) is 0 Å². The number of ether oxygens (including phenoxy) is 1. The number of carboxylic acid groups (broad SMARTS) is 1. The Balaban J connectivity index is 1.93. The summed E-state index contributed by atoms with van der Waals surface area (Å²) in [5, 5.41) is 19.7. The van der Waals surface area contributed by atoms with Gasteiger partial charge in [-0.1, -0.05) is 44.3 Å². The Kier molecular flexibility index (Phi) is 6.52. The molecule has 0 atom stereocenters. The number of carbonyl (C=O) groups is 1. The predicted molar refractivity (Wildman–Crippen MR) is 97.4 cm³/mol. The second-order valence-corrected chi connectivity index (χ2v) is 8.00. The first-order chi connectivity index (χ1) is 9.93. The molecular formula is C15H20I2O4. The van der Waals surface area contributed by atoms with Crippen molar-refractivity contribution in [1.29, 1.82) is 0 Å². The summed E-state index contributed by atoms with van der Waals surface area (Å²) in [7, 11) is 0. The van der Waals surface area contributed by atoms with Crippen LogP contribution in [0.5, 0.6) is 0 Å². The smallest absolute Gasteiger partial charge is 0.314 e. The van der Waals surface area contributed by atoms with Crippen LogP contribution in [0.15, 0.2) is 19.3 Å². The molecule has 21 heavy (non-hydrogen) atoms. The molecular weight excluding hydrogens is 498 g/mol. The van der Waals surface area contributed by atoms with Crippen molar-refractivity contribution < 1.29 is 19.7 Å². The molecule has 118 valence electrons. The molecule has 2 aliphatic rings. The summed E-state index contributed by atoms with van der Waals surface area (Å²) in [5.74, 6) is -2.36. The van der Waals surface area contributed by atoms with E-state index in [0.717, 1.165) is 6.42 Å². The Hall–Kier alpha value is 0.330. The average molecular weight is 518 g/mol. The zero-order valence-corrected chi connectivity index (χ0v) is 16.0. The molecule has 0 bridgehead atoms. The molecule has 0 aromatic rings. The molecule has 0 radical (unpaired) electrons. The van der Waals surface area contributed by atoms with Crippen LogP contribution in [0.4, 0.5) is 0 Å². The van der Waals surface area contributed by atoms with Crippen LogP contribution >= 0.6 is 45.2 Å². The van der Waals surface area contributed by atoms with Gasteiger partial charge >= 0.3 is 5.97 Å². The van der Waals surface area contributed by atoms with E-state index in [1.54, 1.807) is 12.2 Å². The molecule has 2 rings (SSSR count). The number of carboxylic acids is 1. The first-order valence-electron chi connectivity index (χ1n) is 7.28. The van der Waals surface area contributed by atoms with Crippen molar-refractivity contribution in [2.45, 2.75) is 44.3 Å². The summed E-state index contributed by atoms with van der Waals surface area (Å²) in [6, 6.07) is 0. The van der Waals surface area contributed by atoms with Crippen LogP contribution in [0.2, 0.25) is 0 Å². The van der Waals surface area contributed by atoms with Crippen LogP contribution < -0.4 is 0 Å². The molecule has 0 aromatic carbocycles. The first kappa shape index (κ1) is 17.7. The van der Waals surface area contributed by atoms with Crippen LogP contribution in [-0.4, -0.2) is 28.6 Å². The highest BCUT2D eigenvalue weighted by molar-refractivity contribution is 14.1. The van der Waals surface area contributed by atoms with Crippen molar-refractivity contribution in [2.24, 2.45) is 11.8 Å². The van der Waals surface area contributed by atoms with E-state index in [4.69, 9.17) is 9.84 Å². The second kappa shape index (κ2) is 7.74. The molecule has 0 saturated heterocycles. The highest BCUT2D eigenvalue weighted by atomic mass is 127. The van der Waals surface area contributed by atoms with Crippen molar-refractivity contribution in [3.63, 3.8) is 0 Å². The van der Waals surface area contributed by atoms with Crippen molar-refractivity contribution in [2.75, 3.05) is 6.61 Å². The van der Waals surface area contributed by atoms with Gasteiger partial charge in [-0.15, -0.1) is 0 Å². The fourth-order valence-electron chi connectivity index (χ4n) is 2.83. The Morgan fingerprint density at radius 2 is 1.81 bits per heavy atom. The lowest BCUT2D eigenvalue weighted by Gasteiger charge is -2.32. The Labute approximate surface area is 152 Å². The van der Waals surface area contributed by atoms with E-state index in [9.17, 15) is 9.90 Å². The van der Waals surface area contributed by atoms with Gasteiger partial charge in [0.05, 0.1) is 19.7 Å². The minimum absolute atomic E-state index is 0.500. The van der Waals surface area contributed by atoms with Gasteiger partial charge in [0.25, 0.3) is 0 Å². The van der Waals surface area contributed by atoms with Crippen LogP contribution in [0.3, 0.4) is 0 Å². The molecule has 0 aromatic heterocycles. The van der Waals surface area contributed by atoms with E-state index < -0.39 is 17.7 Å². The highest BCUT2D eigenvalue weighted by Gasteiger charge is 2.39. The molecule has 2 aliphatic carbocycles. The van der Waals surface area contributed by atoms with Gasteiger partial charge in [0.2, 0.25) is 5.79 Å². The van der Waals surface area contributed by atoms with E-state index in [0.29, 0.717) is 19.7 Å². The fraction of sp³-hybridized carbons (Fsp3) is 0.667. The molecule has 0 aliphatic heterocycles. The molecule has 1 saturated carbocycles. The molecule has 0 heterocycles. The molecule has 2 N–H and O–H groups in total. The maximum Gasteiger partial charge on any atom is 0.314 e. The lowest BCUT2D eigenvalue weighted by Crippen LogP contribution is -2.37. The third-order valence-electron chi connectivity index (χ3n) is 4.15. The normalized spacial score (nSPS) is 30.7. The van der Waals surface area contributed by atoms with Crippen molar-refractivity contribution in [1.82, 2.24) is 0 Å². The second-order valence-electron chi connectivity index (χ2n) is 5.68. The van der Waals surface area contributed by atoms with Crippen LogP contribution in [0.25, 0.3) is 0 Å². The topological polar surface area (TPSA) is 66.8 Å². The zero-order valence-electron chi connectivity index (χ0n) is 11.7. The SMILES string of the molecule is O=C(O)C1C=C(I)C(O)(OCCC2CCCCC2)C(I)=C1. The standard InChI is InChI=1S/C15H20I2O4/c16-12-8-11(14(18)19)9-13(17)15(12,20)21-7-6-10-4-2-1-3-5-10/h8-11,20H,1-7H2,(H,18,19). The number of aliphatic hydroxyl groups is 1. The summed E-state index contributed by atoms with van der Waals surface area (Å²) in [5.41, 5.74) is 0. The van der Waals surface area contributed by atoms with Crippen molar-refractivity contribution in [3.05, 3.63) is 19.3 Å². The molecule has 0 unspecified atom stereocenters. The van der Waals surface area contributed by atoms with Gasteiger partial charge in [0.1, 0.15) is 0 Å². The number of aliphatic carboxylic acids is 1. The minimum atomic E-state index is -1.46. The van der Waals surface area contributed by atoms with Gasteiger partial charge < -0.3 is 14.9 Å². The van der Waals surface area contributed by atoms with E-state index in [2.05, 4.69) is 0 Å². The maximum absolute atomic E-state index is 11.1. The van der Waals surface area contributed by atoms with Crippen molar-refractivity contribution in [3.8, 4) is 0 Å². The lowest BCUT2D eigenvalue weighted by atomic mass is 9.87. The molecule has 6 heteroatoms. The summed E-state index contributed by atoms with van der Waals surface area (Å²) < 4.78 is 6.80. The number of rotatable bonds is 5. The fourth-order valence-corrected chi connectivity index (χ4v) is 5.02. The summed E-state index contributed by atoms with van der Waals surface area (Å²) in [6.07, 6.45) is 10.5. The number of hydrogen-bond donors (Lipinski definition) is 2. The Bertz CT molecular complexity index is 433. The first-order valence-corrected chi connectivity index (χ1v) is 9.44. The number of halogens is 2. The summed E-state index contributed by atoms with van der Waals surface area (Å²) >= 11 is 3.94. The minimum Gasteiger partial charge on any atom is -0.481 e. The van der Waals surface area contributed by atoms with Gasteiger partial charge in [-0.3, -0.25) is 4.79 Å². The largest absolute Gasteiger partial charge is 0.481 e. The van der Waals surface area contributed by atoms with Crippen LogP contribution in [0, 0.1) is 11.8 Å². The lowest BCUT2D eigenvalue weighted by molar-refractivity contribution is -0.142. The van der Waals surface area contributed by atoms with Gasteiger partial charge in [0.15, 0.2) is 0 Å². The molecule has 1 fully saturated rings. The van der Waals surface area contributed by atoms with Gasteiger partial charge in [-0.05, 0) is 57.5 Å². The summed E-state index contributed by atoms with van der Waals surface area (Å²) in [4.78, 5) is 11.1. The van der Waals surface area contributed by atoms with Crippen molar-refractivity contribution >= 4 is 51.2 Å². The highest BCUT2D eigenvalue weighted by Crippen LogP contribution is 2.41. The third-order valence-corrected chi connectivity index (χ3v) is 6.33. The third kappa shape index (κ3) is 4.42. The molecule has 0 spiro atoms. The van der Waals surface area contributed by atoms with E-state index in [1.165, 1.54) is 32.1 Å². The van der Waals surface area contributed by atoms with Gasteiger partial charge in [-0.25, -0.2) is 0 Å². The average Bonchev–Trinajstić information content (AvgIpc) is 2.45. The van der Waals surface area contributed by atoms with E-state index >= 15 is 0 Å². The monoisotopic (exact) mass is 518 g/mol. The molecule has 4 nitrogen and oxygen atoms in total. The Morgan fingerprint density at radius 1 is 1.24 bits per heavy atom. The maximum atomic E-state index is 11.1.